The number of hydrogen-bond donors (Lipinski definition) is 2. The third kappa shape index (κ3) is 4.37. The van der Waals surface area contributed by atoms with E-state index in [-0.39, 0.29) is 12.6 Å². The fourth-order valence-corrected chi connectivity index (χ4v) is 2.90. The number of aliphatic carboxylic acids is 1. The van der Waals surface area contributed by atoms with E-state index in [0.717, 1.165) is 30.7 Å². The molecule has 1 atom stereocenters. The summed E-state index contributed by atoms with van der Waals surface area (Å²) in [7, 11) is 1.90. The number of carboxylic acid groups (broad SMARTS) is 1. The van der Waals surface area contributed by atoms with Crippen LogP contribution in [0.25, 0.3) is 0 Å². The van der Waals surface area contributed by atoms with Crippen molar-refractivity contribution in [3.05, 3.63) is 41.0 Å². The van der Waals surface area contributed by atoms with Crippen molar-refractivity contribution in [1.82, 2.24) is 9.97 Å². The molecule has 1 saturated heterocycles. The summed E-state index contributed by atoms with van der Waals surface area (Å²) in [5.41, 5.74) is 1.50. The Morgan fingerprint density at radius 2 is 2.20 bits per heavy atom. The van der Waals surface area contributed by atoms with Crippen LogP contribution >= 0.6 is 11.6 Å². The zero-order valence-corrected chi connectivity index (χ0v) is 14.5. The lowest BCUT2D eigenvalue weighted by molar-refractivity contribution is -0.136. The van der Waals surface area contributed by atoms with Crippen molar-refractivity contribution in [3.8, 4) is 0 Å². The highest BCUT2D eigenvalue weighted by atomic mass is 35.5. The minimum absolute atomic E-state index is 0.00590. The van der Waals surface area contributed by atoms with Crippen molar-refractivity contribution in [3.63, 3.8) is 0 Å². The number of carbonyl (C=O) groups is 1. The normalized spacial score (nSPS) is 16.6. The van der Waals surface area contributed by atoms with Gasteiger partial charge in [0, 0.05) is 19.3 Å². The first-order valence-corrected chi connectivity index (χ1v) is 8.35. The van der Waals surface area contributed by atoms with Crippen LogP contribution in [0.4, 0.5) is 17.5 Å². The van der Waals surface area contributed by atoms with Crippen LogP contribution in [0, 0.1) is 0 Å². The zero-order valence-electron chi connectivity index (χ0n) is 13.8. The van der Waals surface area contributed by atoms with Gasteiger partial charge in [-0.25, -0.2) is 4.98 Å². The standard InChI is InChI=1S/C17H19ClN4O3/c1-22(14-3-2-8-25-14)16-13(18)10-19-17(21-16)20-12-6-4-11(5-7-12)9-15(23)24/h4-7,10,14H,2-3,8-9H2,1H3,(H,23,24)(H,19,20,21)/t14-/m1/s1. The number of carboxylic acids is 1. The Hall–Kier alpha value is -2.38. The molecule has 3 rings (SSSR count). The van der Waals surface area contributed by atoms with Gasteiger partial charge in [0.2, 0.25) is 5.95 Å². The molecule has 2 heterocycles. The summed E-state index contributed by atoms with van der Waals surface area (Å²) in [6, 6.07) is 7.09. The van der Waals surface area contributed by atoms with Gasteiger partial charge in [0.15, 0.2) is 5.82 Å². The fourth-order valence-electron chi connectivity index (χ4n) is 2.68. The molecule has 8 heteroatoms. The lowest BCUT2D eigenvalue weighted by atomic mass is 10.1. The maximum Gasteiger partial charge on any atom is 0.307 e. The van der Waals surface area contributed by atoms with Crippen molar-refractivity contribution in [1.29, 1.82) is 0 Å². The lowest BCUT2D eigenvalue weighted by Gasteiger charge is -2.25. The zero-order chi connectivity index (χ0) is 17.8. The minimum atomic E-state index is -0.858. The third-order valence-corrected chi connectivity index (χ3v) is 4.23. The van der Waals surface area contributed by atoms with Crippen LogP contribution in [-0.4, -0.2) is 40.9 Å². The van der Waals surface area contributed by atoms with Gasteiger partial charge in [-0.15, -0.1) is 0 Å². The molecule has 0 amide bonds. The van der Waals surface area contributed by atoms with Crippen LogP contribution < -0.4 is 10.2 Å². The monoisotopic (exact) mass is 362 g/mol. The molecule has 0 aliphatic carbocycles. The van der Waals surface area contributed by atoms with E-state index in [1.807, 2.05) is 11.9 Å². The molecule has 25 heavy (non-hydrogen) atoms. The summed E-state index contributed by atoms with van der Waals surface area (Å²) in [5.74, 6) is 0.160. The molecule has 0 unspecified atom stereocenters. The van der Waals surface area contributed by atoms with Crippen molar-refractivity contribution in [2.75, 3.05) is 23.9 Å². The largest absolute Gasteiger partial charge is 0.481 e. The topological polar surface area (TPSA) is 87.6 Å². The van der Waals surface area contributed by atoms with Gasteiger partial charge < -0.3 is 20.1 Å². The van der Waals surface area contributed by atoms with E-state index in [1.165, 1.54) is 0 Å². The van der Waals surface area contributed by atoms with Gasteiger partial charge in [0.1, 0.15) is 11.3 Å². The van der Waals surface area contributed by atoms with Gasteiger partial charge in [-0.2, -0.15) is 4.98 Å². The lowest BCUT2D eigenvalue weighted by Crippen LogP contribution is -2.31. The molecule has 1 fully saturated rings. The first-order valence-electron chi connectivity index (χ1n) is 7.97. The fraction of sp³-hybridized carbons (Fsp3) is 0.353. The molecule has 0 radical (unpaired) electrons. The summed E-state index contributed by atoms with van der Waals surface area (Å²) in [4.78, 5) is 21.3. The molecular formula is C17H19ClN4O3. The first kappa shape index (κ1) is 17.4. The van der Waals surface area contributed by atoms with E-state index in [2.05, 4.69) is 15.3 Å². The number of anilines is 3. The smallest absolute Gasteiger partial charge is 0.307 e. The second kappa shape index (κ2) is 7.67. The summed E-state index contributed by atoms with van der Waals surface area (Å²) >= 11 is 6.24. The maximum absolute atomic E-state index is 10.7. The van der Waals surface area contributed by atoms with Crippen LogP contribution in [0.15, 0.2) is 30.5 Å². The molecule has 7 nitrogen and oxygen atoms in total. The van der Waals surface area contributed by atoms with Crippen LogP contribution in [0.3, 0.4) is 0 Å². The summed E-state index contributed by atoms with van der Waals surface area (Å²) < 4.78 is 5.67. The summed E-state index contributed by atoms with van der Waals surface area (Å²) in [6.45, 7) is 0.742. The van der Waals surface area contributed by atoms with Gasteiger partial charge in [-0.05, 0) is 30.5 Å². The average Bonchev–Trinajstić information content (AvgIpc) is 3.12. The number of aromatic nitrogens is 2. The predicted octanol–water partition coefficient (Wildman–Crippen LogP) is 3.07. The Morgan fingerprint density at radius 3 is 2.84 bits per heavy atom. The Balaban J connectivity index is 1.74. The Labute approximate surface area is 150 Å². The van der Waals surface area contributed by atoms with Gasteiger partial charge in [-0.3, -0.25) is 4.79 Å². The van der Waals surface area contributed by atoms with Gasteiger partial charge in [0.25, 0.3) is 0 Å². The van der Waals surface area contributed by atoms with Crippen LogP contribution in [0.2, 0.25) is 5.02 Å². The van der Waals surface area contributed by atoms with Crippen molar-refractivity contribution < 1.29 is 14.6 Å². The molecular weight excluding hydrogens is 344 g/mol. The SMILES string of the molecule is CN(c1nc(Nc2ccc(CC(=O)O)cc2)ncc1Cl)[C@H]1CCCO1. The van der Waals surface area contributed by atoms with Gasteiger partial charge in [-0.1, -0.05) is 23.7 Å². The molecule has 0 spiro atoms. The maximum atomic E-state index is 10.7. The second-order valence-corrected chi connectivity index (χ2v) is 6.24. The number of nitrogens with one attached hydrogen (secondary N) is 1. The molecule has 2 aromatic rings. The van der Waals surface area contributed by atoms with E-state index >= 15 is 0 Å². The van der Waals surface area contributed by atoms with E-state index in [1.54, 1.807) is 30.5 Å². The first-order chi connectivity index (χ1) is 12.0. The highest BCUT2D eigenvalue weighted by Crippen LogP contribution is 2.28. The molecule has 1 aromatic carbocycles. The number of benzene rings is 1. The highest BCUT2D eigenvalue weighted by molar-refractivity contribution is 6.32. The van der Waals surface area contributed by atoms with E-state index < -0.39 is 5.97 Å². The molecule has 0 bridgehead atoms. The molecule has 0 saturated carbocycles. The Morgan fingerprint density at radius 1 is 1.44 bits per heavy atom. The van der Waals surface area contributed by atoms with E-state index in [9.17, 15) is 4.79 Å². The van der Waals surface area contributed by atoms with Crippen molar-refractivity contribution >= 4 is 35.0 Å². The second-order valence-electron chi connectivity index (χ2n) is 5.84. The number of halogens is 1. The highest BCUT2D eigenvalue weighted by Gasteiger charge is 2.23. The van der Waals surface area contributed by atoms with Crippen molar-refractivity contribution in [2.45, 2.75) is 25.5 Å². The van der Waals surface area contributed by atoms with Gasteiger partial charge in [0.05, 0.1) is 12.6 Å². The molecule has 2 N–H and O–H groups in total. The van der Waals surface area contributed by atoms with E-state index in [0.29, 0.717) is 16.8 Å². The predicted molar refractivity (Wildman–Crippen MR) is 95.5 cm³/mol. The third-order valence-electron chi connectivity index (χ3n) is 3.96. The molecule has 1 aromatic heterocycles. The van der Waals surface area contributed by atoms with Crippen LogP contribution in [0.5, 0.6) is 0 Å². The van der Waals surface area contributed by atoms with Gasteiger partial charge >= 0.3 is 5.97 Å². The molecule has 1 aliphatic heterocycles. The average molecular weight is 363 g/mol. The summed E-state index contributed by atoms with van der Waals surface area (Å²) in [6.07, 6.45) is 3.47. The minimum Gasteiger partial charge on any atom is -0.481 e. The van der Waals surface area contributed by atoms with Crippen LogP contribution in [-0.2, 0) is 16.0 Å². The quantitative estimate of drug-likeness (QED) is 0.816. The number of nitrogens with zero attached hydrogens (tertiary/aromatic N) is 3. The Bertz CT molecular complexity index is 748. The molecule has 1 aliphatic rings. The van der Waals surface area contributed by atoms with Crippen LogP contribution in [0.1, 0.15) is 18.4 Å². The Kier molecular flexibility index (Phi) is 5.35. The summed E-state index contributed by atoms with van der Waals surface area (Å²) in [5, 5.41) is 12.4. The van der Waals surface area contributed by atoms with E-state index in [4.69, 9.17) is 21.4 Å². The number of ether oxygens (including phenoxy) is 1. The van der Waals surface area contributed by atoms with Crippen molar-refractivity contribution in [2.24, 2.45) is 0 Å². The number of rotatable bonds is 6. The molecule has 132 valence electrons. The number of hydrogen-bond acceptors (Lipinski definition) is 6.